The summed E-state index contributed by atoms with van der Waals surface area (Å²) in [6, 6.07) is 9.47. The average Bonchev–Trinajstić information content (AvgIpc) is 3.43. The first-order chi connectivity index (χ1) is 21.1. The van der Waals surface area contributed by atoms with Gasteiger partial charge in [-0.2, -0.15) is 0 Å². The number of fused-ring (bicyclic) bond motifs is 3. The van der Waals surface area contributed by atoms with Crippen molar-refractivity contribution in [3.05, 3.63) is 83.0 Å². The first-order valence-corrected chi connectivity index (χ1v) is 14.4. The Morgan fingerprint density at radius 1 is 1.09 bits per heavy atom. The number of carbonyl (C=O) groups excluding carboxylic acids is 1. The number of nitrogens with one attached hydrogen (secondary N) is 2. The standard InChI is InChI=1S/C32H31Cl2FN6O3/c1-6-28(42)39-23-13-19(35)9-10-22(23)38-27-14-24-18(16-36-27)12-21(29-30(33)25(43-4)15-26(44-5)31(29)34)32-37-20(17-41(24)32)8-7-11-40(2)3/h6,9-10,12-17H,1,7-8,11H2,2-5H3,(H,36,38)(H,39,42). The zero-order valence-corrected chi connectivity index (χ0v) is 26.2. The molecule has 44 heavy (non-hydrogen) atoms. The molecular weight excluding hydrogens is 606 g/mol. The van der Waals surface area contributed by atoms with Gasteiger partial charge in [-0.05, 0) is 63.8 Å². The van der Waals surface area contributed by atoms with E-state index in [-0.39, 0.29) is 5.69 Å². The van der Waals surface area contributed by atoms with E-state index in [4.69, 9.17) is 37.7 Å². The molecule has 0 saturated carbocycles. The Balaban J connectivity index is 1.68. The van der Waals surface area contributed by atoms with Gasteiger partial charge >= 0.3 is 0 Å². The third-order valence-electron chi connectivity index (χ3n) is 7.04. The summed E-state index contributed by atoms with van der Waals surface area (Å²) in [7, 11) is 7.12. The van der Waals surface area contributed by atoms with E-state index >= 15 is 0 Å². The number of aromatic nitrogens is 3. The van der Waals surface area contributed by atoms with Crippen LogP contribution in [0, 0.1) is 5.82 Å². The second-order valence-electron chi connectivity index (χ2n) is 10.3. The van der Waals surface area contributed by atoms with Gasteiger partial charge in [0.05, 0.1) is 46.9 Å². The Morgan fingerprint density at radius 2 is 1.82 bits per heavy atom. The van der Waals surface area contributed by atoms with Crippen LogP contribution in [0.2, 0.25) is 10.0 Å². The SMILES string of the molecule is C=CC(=O)Nc1cc(F)ccc1Nc1cc2c(cn1)cc(-c1c(Cl)c(OC)cc(OC)c1Cl)c1nc(CCCN(C)C)cn12. The first-order valence-electron chi connectivity index (χ1n) is 13.7. The highest BCUT2D eigenvalue weighted by molar-refractivity contribution is 6.41. The number of rotatable bonds is 11. The number of hydrogen-bond donors (Lipinski definition) is 2. The van der Waals surface area contributed by atoms with E-state index in [1.54, 1.807) is 12.3 Å². The van der Waals surface area contributed by atoms with Crippen molar-refractivity contribution in [2.45, 2.75) is 12.8 Å². The van der Waals surface area contributed by atoms with E-state index in [9.17, 15) is 9.18 Å². The molecule has 2 N–H and O–H groups in total. The fraction of sp³-hybridized carbons (Fsp3) is 0.219. The molecule has 0 aliphatic rings. The van der Waals surface area contributed by atoms with Crippen LogP contribution < -0.4 is 20.1 Å². The van der Waals surface area contributed by atoms with Crippen LogP contribution in [0.3, 0.4) is 0 Å². The molecule has 0 unspecified atom stereocenters. The molecule has 2 aromatic carbocycles. The monoisotopic (exact) mass is 636 g/mol. The Kier molecular flexibility index (Phi) is 9.24. The quantitative estimate of drug-likeness (QED) is 0.146. The number of methoxy groups -OCH3 is 2. The lowest BCUT2D eigenvalue weighted by Gasteiger charge is -2.17. The number of carbonyl (C=O) groups is 1. The van der Waals surface area contributed by atoms with Gasteiger partial charge in [0.15, 0.2) is 0 Å². The maximum Gasteiger partial charge on any atom is 0.247 e. The Morgan fingerprint density at radius 3 is 2.48 bits per heavy atom. The highest BCUT2D eigenvalue weighted by atomic mass is 35.5. The summed E-state index contributed by atoms with van der Waals surface area (Å²) in [6.07, 6.45) is 6.48. The third kappa shape index (κ3) is 6.28. The van der Waals surface area contributed by atoms with Crippen molar-refractivity contribution < 1.29 is 18.7 Å². The molecule has 3 aromatic heterocycles. The molecule has 228 valence electrons. The van der Waals surface area contributed by atoms with E-state index in [0.29, 0.717) is 49.8 Å². The summed E-state index contributed by atoms with van der Waals surface area (Å²) in [5.74, 6) is 0.327. The molecule has 0 saturated heterocycles. The fourth-order valence-electron chi connectivity index (χ4n) is 4.92. The Hall–Kier alpha value is -4.38. The Bertz CT molecular complexity index is 1860. The van der Waals surface area contributed by atoms with Crippen LogP contribution in [0.25, 0.3) is 27.7 Å². The predicted molar refractivity (Wildman–Crippen MR) is 174 cm³/mol. The van der Waals surface area contributed by atoms with Gasteiger partial charge in [-0.3, -0.25) is 9.20 Å². The average molecular weight is 638 g/mol. The number of pyridine rings is 2. The van der Waals surface area contributed by atoms with Gasteiger partial charge in [0.25, 0.3) is 0 Å². The van der Waals surface area contributed by atoms with Gasteiger partial charge in [-0.1, -0.05) is 29.8 Å². The predicted octanol–water partition coefficient (Wildman–Crippen LogP) is 7.37. The van der Waals surface area contributed by atoms with Gasteiger partial charge in [0.2, 0.25) is 5.91 Å². The molecule has 12 heteroatoms. The molecule has 0 aliphatic heterocycles. The van der Waals surface area contributed by atoms with Crippen LogP contribution in [-0.2, 0) is 11.2 Å². The highest BCUT2D eigenvalue weighted by Gasteiger charge is 2.23. The van der Waals surface area contributed by atoms with Crippen molar-refractivity contribution >= 4 is 62.9 Å². The minimum atomic E-state index is -0.498. The van der Waals surface area contributed by atoms with Crippen molar-refractivity contribution in [3.63, 3.8) is 0 Å². The van der Waals surface area contributed by atoms with E-state index in [1.807, 2.05) is 36.8 Å². The molecular formula is C32H31Cl2FN6O3. The fourth-order valence-corrected chi connectivity index (χ4v) is 5.62. The zero-order valence-electron chi connectivity index (χ0n) is 24.7. The number of imidazole rings is 1. The summed E-state index contributed by atoms with van der Waals surface area (Å²) in [4.78, 5) is 23.7. The molecule has 5 rings (SSSR count). The van der Waals surface area contributed by atoms with E-state index < -0.39 is 11.7 Å². The number of halogens is 3. The topological polar surface area (TPSA) is 93.0 Å². The van der Waals surface area contributed by atoms with E-state index in [2.05, 4.69) is 27.1 Å². The van der Waals surface area contributed by atoms with Crippen molar-refractivity contribution in [2.24, 2.45) is 0 Å². The largest absolute Gasteiger partial charge is 0.495 e. The molecule has 0 bridgehead atoms. The van der Waals surface area contributed by atoms with E-state index in [0.717, 1.165) is 42.1 Å². The summed E-state index contributed by atoms with van der Waals surface area (Å²) in [5, 5.41) is 7.25. The molecule has 1 amide bonds. The van der Waals surface area contributed by atoms with Gasteiger partial charge in [0.1, 0.15) is 28.8 Å². The number of nitrogens with zero attached hydrogens (tertiary/aromatic N) is 4. The first kappa shape index (κ1) is 31.1. The lowest BCUT2D eigenvalue weighted by Crippen LogP contribution is -2.13. The maximum absolute atomic E-state index is 14.0. The van der Waals surface area contributed by atoms with Crippen LogP contribution >= 0.6 is 23.2 Å². The van der Waals surface area contributed by atoms with Gasteiger partial charge < -0.3 is 25.0 Å². The van der Waals surface area contributed by atoms with Crippen molar-refractivity contribution in [1.82, 2.24) is 19.3 Å². The number of benzene rings is 2. The minimum absolute atomic E-state index is 0.249. The van der Waals surface area contributed by atoms with Crippen molar-refractivity contribution in [2.75, 3.05) is 45.5 Å². The van der Waals surface area contributed by atoms with Gasteiger partial charge in [0, 0.05) is 41.0 Å². The van der Waals surface area contributed by atoms with Crippen LogP contribution in [0.15, 0.2) is 61.4 Å². The molecule has 0 fully saturated rings. The third-order valence-corrected chi connectivity index (χ3v) is 7.79. The molecule has 0 aliphatic carbocycles. The molecule has 0 atom stereocenters. The van der Waals surface area contributed by atoms with Crippen LogP contribution in [0.5, 0.6) is 11.5 Å². The maximum atomic E-state index is 14.0. The van der Waals surface area contributed by atoms with Crippen LogP contribution in [-0.4, -0.2) is 60.0 Å². The number of hydrogen-bond acceptors (Lipinski definition) is 7. The summed E-state index contributed by atoms with van der Waals surface area (Å²) in [5.41, 5.74) is 4.24. The zero-order chi connectivity index (χ0) is 31.5. The van der Waals surface area contributed by atoms with Gasteiger partial charge in [-0.25, -0.2) is 14.4 Å². The van der Waals surface area contributed by atoms with Gasteiger partial charge in [-0.15, -0.1) is 0 Å². The van der Waals surface area contributed by atoms with E-state index in [1.165, 1.54) is 32.4 Å². The highest BCUT2D eigenvalue weighted by Crippen LogP contribution is 2.47. The molecule has 0 radical (unpaired) electrons. The molecule has 5 aromatic rings. The molecule has 0 spiro atoms. The molecule has 3 heterocycles. The lowest BCUT2D eigenvalue weighted by atomic mass is 10.0. The normalized spacial score (nSPS) is 11.3. The Labute approximate surface area is 264 Å². The van der Waals surface area contributed by atoms with Crippen LogP contribution in [0.1, 0.15) is 12.1 Å². The lowest BCUT2D eigenvalue weighted by molar-refractivity contribution is -0.111. The number of ether oxygens (including phenoxy) is 2. The number of amides is 1. The summed E-state index contributed by atoms with van der Waals surface area (Å²) < 4.78 is 27.1. The minimum Gasteiger partial charge on any atom is -0.495 e. The summed E-state index contributed by atoms with van der Waals surface area (Å²) in [6.45, 7) is 4.37. The second-order valence-corrected chi connectivity index (χ2v) is 11.1. The second kappa shape index (κ2) is 13.1. The summed E-state index contributed by atoms with van der Waals surface area (Å²) >= 11 is 13.7. The van der Waals surface area contributed by atoms with Crippen LogP contribution in [0.4, 0.5) is 21.6 Å². The van der Waals surface area contributed by atoms with Crippen molar-refractivity contribution in [1.29, 1.82) is 0 Å². The van der Waals surface area contributed by atoms with Crippen molar-refractivity contribution in [3.8, 4) is 22.6 Å². The molecule has 9 nitrogen and oxygen atoms in total. The smallest absolute Gasteiger partial charge is 0.247 e. The number of anilines is 3. The number of aryl methyl sites for hydroxylation is 1.